The van der Waals surface area contributed by atoms with Crippen LogP contribution in [0.2, 0.25) is 0 Å². The van der Waals surface area contributed by atoms with Crippen LogP contribution in [0.5, 0.6) is 0 Å². The molecule has 4 rings (SSSR count). The van der Waals surface area contributed by atoms with E-state index in [1.807, 2.05) is 74.5 Å². The molecule has 4 nitrogen and oxygen atoms in total. The molecule has 36 heavy (non-hydrogen) atoms. The number of benzene rings is 4. The lowest BCUT2D eigenvalue weighted by molar-refractivity contribution is 0.0928. The van der Waals surface area contributed by atoms with Gasteiger partial charge >= 0.3 is 0 Å². The Morgan fingerprint density at radius 1 is 0.556 bits per heavy atom. The summed E-state index contributed by atoms with van der Waals surface area (Å²) in [6.07, 6.45) is 3.53. The number of amides is 2. The van der Waals surface area contributed by atoms with Gasteiger partial charge < -0.3 is 10.6 Å². The number of rotatable bonds is 10. The molecule has 2 atom stereocenters. The Kier molecular flexibility index (Phi) is 8.51. The van der Waals surface area contributed by atoms with Crippen molar-refractivity contribution < 1.29 is 9.59 Å². The number of nitrogens with one attached hydrogen (secondary N) is 2. The van der Waals surface area contributed by atoms with Gasteiger partial charge in [0, 0.05) is 23.2 Å². The molecule has 2 unspecified atom stereocenters. The number of carbonyl (C=O) groups is 2. The lowest BCUT2D eigenvalue weighted by Crippen LogP contribution is -2.34. The van der Waals surface area contributed by atoms with E-state index < -0.39 is 0 Å². The maximum Gasteiger partial charge on any atom is 0.252 e. The van der Waals surface area contributed by atoms with Crippen molar-refractivity contribution in [2.24, 2.45) is 0 Å². The van der Waals surface area contributed by atoms with Crippen LogP contribution in [0.4, 0.5) is 0 Å². The fourth-order valence-corrected chi connectivity index (χ4v) is 4.50. The number of carbonyl (C=O) groups excluding carboxylic acids is 2. The molecule has 0 aliphatic carbocycles. The van der Waals surface area contributed by atoms with Crippen molar-refractivity contribution in [3.05, 3.63) is 119 Å². The molecule has 4 heteroatoms. The zero-order valence-corrected chi connectivity index (χ0v) is 21.0. The normalized spacial score (nSPS) is 12.6. The zero-order valence-electron chi connectivity index (χ0n) is 21.0. The summed E-state index contributed by atoms with van der Waals surface area (Å²) in [5.41, 5.74) is 3.70. The number of hydrogen-bond acceptors (Lipinski definition) is 2. The molecule has 184 valence electrons. The van der Waals surface area contributed by atoms with Gasteiger partial charge in [0.25, 0.3) is 11.8 Å². The van der Waals surface area contributed by atoms with Crippen molar-refractivity contribution in [2.75, 3.05) is 0 Å². The first-order valence-corrected chi connectivity index (χ1v) is 12.7. The molecule has 2 N–H and O–H groups in total. The van der Waals surface area contributed by atoms with E-state index in [9.17, 15) is 9.59 Å². The van der Waals surface area contributed by atoms with Gasteiger partial charge in [0.2, 0.25) is 0 Å². The molecule has 0 bridgehead atoms. The highest BCUT2D eigenvalue weighted by Crippen LogP contribution is 2.24. The van der Waals surface area contributed by atoms with E-state index in [1.54, 1.807) is 12.1 Å². The second-order valence-electron chi connectivity index (χ2n) is 9.50. The largest absolute Gasteiger partial charge is 0.350 e. The molecule has 0 aliphatic rings. The Balaban J connectivity index is 1.42. The van der Waals surface area contributed by atoms with Gasteiger partial charge in [-0.3, -0.25) is 9.59 Å². The van der Waals surface area contributed by atoms with Gasteiger partial charge in [-0.1, -0.05) is 84.9 Å². The Labute approximate surface area is 213 Å². The maximum atomic E-state index is 13.1. The summed E-state index contributed by atoms with van der Waals surface area (Å²) >= 11 is 0. The van der Waals surface area contributed by atoms with Crippen LogP contribution >= 0.6 is 0 Å². The minimum atomic E-state index is -0.116. The first-order chi connectivity index (χ1) is 17.5. The van der Waals surface area contributed by atoms with E-state index in [1.165, 1.54) is 11.1 Å². The van der Waals surface area contributed by atoms with E-state index in [0.717, 1.165) is 36.5 Å². The van der Waals surface area contributed by atoms with Gasteiger partial charge in [-0.05, 0) is 73.6 Å². The van der Waals surface area contributed by atoms with Crippen LogP contribution < -0.4 is 10.6 Å². The molecule has 0 aliphatic heterocycles. The van der Waals surface area contributed by atoms with Crippen LogP contribution in [0.25, 0.3) is 10.8 Å². The first kappa shape index (κ1) is 25.2. The van der Waals surface area contributed by atoms with Gasteiger partial charge in [-0.15, -0.1) is 0 Å². The van der Waals surface area contributed by atoms with Crippen molar-refractivity contribution in [1.82, 2.24) is 10.6 Å². The third-order valence-electron chi connectivity index (χ3n) is 6.59. The van der Waals surface area contributed by atoms with Crippen molar-refractivity contribution in [2.45, 2.75) is 51.6 Å². The predicted octanol–water partition coefficient (Wildman–Crippen LogP) is 6.34. The Morgan fingerprint density at radius 2 is 0.917 bits per heavy atom. The Hall–Kier alpha value is -3.92. The summed E-state index contributed by atoms with van der Waals surface area (Å²) in [6, 6.07) is 31.8. The topological polar surface area (TPSA) is 58.2 Å². The maximum absolute atomic E-state index is 13.1. The van der Waals surface area contributed by atoms with Crippen LogP contribution in [0.3, 0.4) is 0 Å². The van der Waals surface area contributed by atoms with E-state index in [4.69, 9.17) is 0 Å². The van der Waals surface area contributed by atoms with Crippen molar-refractivity contribution in [3.63, 3.8) is 0 Å². The molecule has 2 amide bonds. The average molecular weight is 479 g/mol. The number of hydrogen-bond donors (Lipinski definition) is 2. The lowest BCUT2D eigenvalue weighted by atomic mass is 9.97. The molecule has 0 saturated heterocycles. The number of aryl methyl sites for hydroxylation is 2. The van der Waals surface area contributed by atoms with Gasteiger partial charge in [0.15, 0.2) is 0 Å². The first-order valence-electron chi connectivity index (χ1n) is 12.7. The molecular weight excluding hydrogens is 444 g/mol. The molecule has 0 saturated carbocycles. The van der Waals surface area contributed by atoms with Crippen LogP contribution in [-0.4, -0.2) is 23.9 Å². The molecule has 4 aromatic carbocycles. The van der Waals surface area contributed by atoms with Crippen molar-refractivity contribution in [3.8, 4) is 0 Å². The predicted molar refractivity (Wildman–Crippen MR) is 147 cm³/mol. The second-order valence-corrected chi connectivity index (χ2v) is 9.50. The van der Waals surface area contributed by atoms with Gasteiger partial charge in [0.1, 0.15) is 0 Å². The summed E-state index contributed by atoms with van der Waals surface area (Å²) in [4.78, 5) is 26.3. The van der Waals surface area contributed by atoms with Crippen LogP contribution in [0.15, 0.2) is 97.1 Å². The average Bonchev–Trinajstić information content (AvgIpc) is 2.91. The minimum absolute atomic E-state index is 0.0323. The molecule has 0 fully saturated rings. The van der Waals surface area contributed by atoms with Gasteiger partial charge in [0.05, 0.1) is 0 Å². The summed E-state index contributed by atoms with van der Waals surface area (Å²) in [5, 5.41) is 7.84. The van der Waals surface area contributed by atoms with Crippen LogP contribution in [0, 0.1) is 0 Å². The molecule has 0 radical (unpaired) electrons. The van der Waals surface area contributed by atoms with E-state index in [0.29, 0.717) is 11.1 Å². The van der Waals surface area contributed by atoms with E-state index in [-0.39, 0.29) is 23.9 Å². The monoisotopic (exact) mass is 478 g/mol. The highest BCUT2D eigenvalue weighted by atomic mass is 16.2. The molecule has 0 spiro atoms. The van der Waals surface area contributed by atoms with Crippen LogP contribution in [0.1, 0.15) is 58.5 Å². The summed E-state index contributed by atoms with van der Waals surface area (Å²) in [7, 11) is 0. The fraction of sp³-hybridized carbons (Fsp3) is 0.250. The Morgan fingerprint density at radius 3 is 1.31 bits per heavy atom. The smallest absolute Gasteiger partial charge is 0.252 e. The summed E-state index contributed by atoms with van der Waals surface area (Å²) < 4.78 is 0. The zero-order chi connectivity index (χ0) is 25.3. The Bertz CT molecular complexity index is 1200. The third-order valence-corrected chi connectivity index (χ3v) is 6.59. The van der Waals surface area contributed by atoms with E-state index in [2.05, 4.69) is 34.9 Å². The third kappa shape index (κ3) is 6.60. The number of fused-ring (bicyclic) bond motifs is 1. The van der Waals surface area contributed by atoms with E-state index >= 15 is 0 Å². The van der Waals surface area contributed by atoms with Gasteiger partial charge in [-0.2, -0.15) is 0 Å². The molecule has 0 heterocycles. The lowest BCUT2D eigenvalue weighted by Gasteiger charge is -2.17. The standard InChI is InChI=1S/C32H34N2O2/c1-23(17-19-25-11-5-3-6-12-25)33-31(35)29-21-22-30(28-16-10-9-15-27(28)29)32(36)34-24(2)18-20-26-13-7-4-8-14-26/h3-16,21-24H,17-20H2,1-2H3,(H,33,35)(H,34,36). The second kappa shape index (κ2) is 12.2. The summed E-state index contributed by atoms with van der Waals surface area (Å²) in [5.74, 6) is -0.232. The molecule has 4 aromatic rings. The van der Waals surface area contributed by atoms with Crippen LogP contribution in [-0.2, 0) is 12.8 Å². The highest BCUT2D eigenvalue weighted by molar-refractivity contribution is 6.14. The summed E-state index contributed by atoms with van der Waals surface area (Å²) in [6.45, 7) is 4.06. The van der Waals surface area contributed by atoms with Crippen molar-refractivity contribution >= 4 is 22.6 Å². The SMILES string of the molecule is CC(CCc1ccccc1)NC(=O)c1ccc(C(=O)NC(C)CCc2ccccc2)c2ccccc12. The minimum Gasteiger partial charge on any atom is -0.350 e. The van der Waals surface area contributed by atoms with Crippen molar-refractivity contribution in [1.29, 1.82) is 0 Å². The molecular formula is C32H34N2O2. The quantitative estimate of drug-likeness (QED) is 0.279. The molecule has 0 aromatic heterocycles. The fourth-order valence-electron chi connectivity index (χ4n) is 4.50. The highest BCUT2D eigenvalue weighted by Gasteiger charge is 2.18. The van der Waals surface area contributed by atoms with Gasteiger partial charge in [-0.25, -0.2) is 0 Å².